The number of anilines is 1. The zero-order chi connectivity index (χ0) is 13.0. The zero-order valence-electron chi connectivity index (χ0n) is 10.9. The van der Waals surface area contributed by atoms with Gasteiger partial charge in [0.15, 0.2) is 5.82 Å². The minimum absolute atomic E-state index is 0.133. The number of benzene rings is 1. The molecule has 2 aromatic rings. The number of para-hydroxylation sites is 2. The predicted octanol–water partition coefficient (Wildman–Crippen LogP) is 2.15. The largest absolute Gasteiger partial charge is 0.395 e. The van der Waals surface area contributed by atoms with Crippen LogP contribution >= 0.6 is 0 Å². The van der Waals surface area contributed by atoms with Crippen LogP contribution in [0.4, 0.5) is 5.82 Å². The summed E-state index contributed by atoms with van der Waals surface area (Å²) < 4.78 is 0. The summed E-state index contributed by atoms with van der Waals surface area (Å²) in [5.74, 6) is 0.879. The summed E-state index contributed by atoms with van der Waals surface area (Å²) >= 11 is 0. The number of aliphatic hydroxyl groups is 1. The molecular weight excluding hydrogens is 226 g/mol. The third-order valence-corrected chi connectivity index (χ3v) is 2.88. The summed E-state index contributed by atoms with van der Waals surface area (Å²) in [7, 11) is 0. The SMILES string of the molecule is CCCN(CCO)c1nc2ccccc2nc1C. The van der Waals surface area contributed by atoms with Crippen molar-refractivity contribution in [3.8, 4) is 0 Å². The van der Waals surface area contributed by atoms with Crippen LogP contribution in [0.15, 0.2) is 24.3 Å². The number of aryl methyl sites for hydroxylation is 1. The number of aromatic nitrogens is 2. The summed E-state index contributed by atoms with van der Waals surface area (Å²) in [6, 6.07) is 7.86. The summed E-state index contributed by atoms with van der Waals surface area (Å²) in [6.07, 6.45) is 1.02. The molecule has 4 nitrogen and oxygen atoms in total. The molecule has 1 aromatic heterocycles. The Bertz CT molecular complexity index is 521. The molecule has 0 amide bonds. The molecule has 0 fully saturated rings. The molecule has 1 heterocycles. The third kappa shape index (κ3) is 2.59. The van der Waals surface area contributed by atoms with Gasteiger partial charge in [-0.05, 0) is 25.5 Å². The van der Waals surface area contributed by atoms with Crippen LogP contribution in [0, 0.1) is 6.92 Å². The van der Waals surface area contributed by atoms with Crippen molar-refractivity contribution in [3.63, 3.8) is 0 Å². The molecule has 0 aliphatic heterocycles. The highest BCUT2D eigenvalue weighted by atomic mass is 16.3. The van der Waals surface area contributed by atoms with E-state index >= 15 is 0 Å². The van der Waals surface area contributed by atoms with E-state index in [0.717, 1.165) is 35.5 Å². The molecule has 0 saturated carbocycles. The molecule has 0 unspecified atom stereocenters. The second kappa shape index (κ2) is 5.78. The molecule has 0 atom stereocenters. The first-order valence-corrected chi connectivity index (χ1v) is 6.35. The molecule has 0 saturated heterocycles. The number of aliphatic hydroxyl groups excluding tert-OH is 1. The summed E-state index contributed by atoms with van der Waals surface area (Å²) in [5.41, 5.74) is 2.73. The zero-order valence-corrected chi connectivity index (χ0v) is 10.9. The predicted molar refractivity (Wildman–Crippen MR) is 73.9 cm³/mol. The minimum atomic E-state index is 0.133. The molecule has 0 aliphatic rings. The van der Waals surface area contributed by atoms with Gasteiger partial charge in [0.05, 0.1) is 23.3 Å². The molecular formula is C14H19N3O. The average molecular weight is 245 g/mol. The van der Waals surface area contributed by atoms with Gasteiger partial charge in [-0.2, -0.15) is 0 Å². The first-order valence-electron chi connectivity index (χ1n) is 6.35. The fraction of sp³-hybridized carbons (Fsp3) is 0.429. The second-order valence-corrected chi connectivity index (χ2v) is 4.33. The number of rotatable bonds is 5. The van der Waals surface area contributed by atoms with E-state index in [-0.39, 0.29) is 6.61 Å². The highest BCUT2D eigenvalue weighted by Crippen LogP contribution is 2.19. The van der Waals surface area contributed by atoms with E-state index in [1.807, 2.05) is 31.2 Å². The minimum Gasteiger partial charge on any atom is -0.395 e. The van der Waals surface area contributed by atoms with Gasteiger partial charge in [0, 0.05) is 13.1 Å². The van der Waals surface area contributed by atoms with Gasteiger partial charge in [-0.3, -0.25) is 0 Å². The van der Waals surface area contributed by atoms with E-state index in [2.05, 4.69) is 21.8 Å². The van der Waals surface area contributed by atoms with E-state index in [0.29, 0.717) is 6.54 Å². The van der Waals surface area contributed by atoms with Crippen molar-refractivity contribution >= 4 is 16.9 Å². The van der Waals surface area contributed by atoms with Crippen molar-refractivity contribution in [3.05, 3.63) is 30.0 Å². The van der Waals surface area contributed by atoms with Gasteiger partial charge >= 0.3 is 0 Å². The molecule has 0 radical (unpaired) electrons. The van der Waals surface area contributed by atoms with Crippen LogP contribution in [-0.2, 0) is 0 Å². The summed E-state index contributed by atoms with van der Waals surface area (Å²) in [5, 5.41) is 9.14. The Morgan fingerprint density at radius 1 is 1.11 bits per heavy atom. The summed E-state index contributed by atoms with van der Waals surface area (Å²) in [4.78, 5) is 11.3. The monoisotopic (exact) mass is 245 g/mol. The molecule has 0 aliphatic carbocycles. The lowest BCUT2D eigenvalue weighted by molar-refractivity contribution is 0.301. The molecule has 1 aromatic carbocycles. The van der Waals surface area contributed by atoms with Crippen molar-refractivity contribution in [1.29, 1.82) is 0 Å². The molecule has 2 rings (SSSR count). The Hall–Kier alpha value is -1.68. The van der Waals surface area contributed by atoms with Crippen LogP contribution in [0.3, 0.4) is 0 Å². The maximum atomic E-state index is 9.14. The van der Waals surface area contributed by atoms with E-state index in [4.69, 9.17) is 5.11 Å². The average Bonchev–Trinajstić information content (AvgIpc) is 2.38. The topological polar surface area (TPSA) is 49.2 Å². The maximum Gasteiger partial charge on any atom is 0.150 e. The standard InChI is InChI=1S/C14H19N3O/c1-3-8-17(9-10-18)14-11(2)15-12-6-4-5-7-13(12)16-14/h4-7,18H,3,8-10H2,1-2H3. The van der Waals surface area contributed by atoms with E-state index in [9.17, 15) is 0 Å². The van der Waals surface area contributed by atoms with Crippen LogP contribution in [-0.4, -0.2) is 34.8 Å². The van der Waals surface area contributed by atoms with E-state index in [1.165, 1.54) is 0 Å². The summed E-state index contributed by atoms with van der Waals surface area (Å²) in [6.45, 7) is 5.70. The lowest BCUT2D eigenvalue weighted by Gasteiger charge is -2.23. The Balaban J connectivity index is 2.44. The first kappa shape index (κ1) is 12.8. The highest BCUT2D eigenvalue weighted by molar-refractivity contribution is 5.76. The first-order chi connectivity index (χ1) is 8.76. The van der Waals surface area contributed by atoms with Crippen molar-refractivity contribution in [2.75, 3.05) is 24.6 Å². The van der Waals surface area contributed by atoms with Crippen LogP contribution in [0.25, 0.3) is 11.0 Å². The van der Waals surface area contributed by atoms with Crippen molar-refractivity contribution in [2.45, 2.75) is 20.3 Å². The number of hydrogen-bond acceptors (Lipinski definition) is 4. The van der Waals surface area contributed by atoms with Gasteiger partial charge < -0.3 is 10.0 Å². The Kier molecular flexibility index (Phi) is 4.10. The van der Waals surface area contributed by atoms with Gasteiger partial charge in [0.2, 0.25) is 0 Å². The smallest absolute Gasteiger partial charge is 0.150 e. The normalized spacial score (nSPS) is 10.8. The molecule has 1 N–H and O–H groups in total. The molecule has 18 heavy (non-hydrogen) atoms. The Labute approximate surface area is 107 Å². The molecule has 4 heteroatoms. The molecule has 0 bridgehead atoms. The van der Waals surface area contributed by atoms with Gasteiger partial charge in [0.25, 0.3) is 0 Å². The van der Waals surface area contributed by atoms with Gasteiger partial charge in [-0.25, -0.2) is 9.97 Å². The van der Waals surface area contributed by atoms with Crippen LogP contribution in [0.5, 0.6) is 0 Å². The van der Waals surface area contributed by atoms with Crippen LogP contribution in [0.2, 0.25) is 0 Å². The van der Waals surface area contributed by atoms with E-state index < -0.39 is 0 Å². The third-order valence-electron chi connectivity index (χ3n) is 2.88. The molecule has 0 spiro atoms. The highest BCUT2D eigenvalue weighted by Gasteiger charge is 2.11. The Morgan fingerprint density at radius 3 is 2.39 bits per heavy atom. The fourth-order valence-corrected chi connectivity index (χ4v) is 2.09. The Morgan fingerprint density at radius 2 is 1.78 bits per heavy atom. The van der Waals surface area contributed by atoms with Crippen molar-refractivity contribution < 1.29 is 5.11 Å². The van der Waals surface area contributed by atoms with Gasteiger partial charge in [-0.15, -0.1) is 0 Å². The lowest BCUT2D eigenvalue weighted by Crippen LogP contribution is -2.29. The van der Waals surface area contributed by atoms with Gasteiger partial charge in [-0.1, -0.05) is 19.1 Å². The van der Waals surface area contributed by atoms with Crippen molar-refractivity contribution in [1.82, 2.24) is 9.97 Å². The quantitative estimate of drug-likeness (QED) is 0.877. The van der Waals surface area contributed by atoms with Crippen molar-refractivity contribution in [2.24, 2.45) is 0 Å². The number of nitrogens with zero attached hydrogens (tertiary/aromatic N) is 3. The number of fused-ring (bicyclic) bond motifs is 1. The van der Waals surface area contributed by atoms with Crippen LogP contribution in [0.1, 0.15) is 19.0 Å². The second-order valence-electron chi connectivity index (χ2n) is 4.33. The fourth-order valence-electron chi connectivity index (χ4n) is 2.09. The lowest BCUT2D eigenvalue weighted by atomic mass is 10.2. The van der Waals surface area contributed by atoms with E-state index in [1.54, 1.807) is 0 Å². The van der Waals surface area contributed by atoms with Gasteiger partial charge in [0.1, 0.15) is 0 Å². The molecule has 96 valence electrons. The number of hydrogen-bond donors (Lipinski definition) is 1. The van der Waals surface area contributed by atoms with Crippen LogP contribution < -0.4 is 4.90 Å². The maximum absolute atomic E-state index is 9.14.